The Morgan fingerprint density at radius 1 is 1.12 bits per heavy atom. The van der Waals surface area contributed by atoms with E-state index < -0.39 is 0 Å². The van der Waals surface area contributed by atoms with E-state index in [4.69, 9.17) is 11.6 Å². The summed E-state index contributed by atoms with van der Waals surface area (Å²) in [6.45, 7) is 4.91. The third-order valence-corrected chi connectivity index (χ3v) is 6.10. The van der Waals surface area contributed by atoms with E-state index >= 15 is 0 Å². The van der Waals surface area contributed by atoms with Crippen molar-refractivity contribution in [3.63, 3.8) is 0 Å². The molecule has 1 spiro atoms. The summed E-state index contributed by atoms with van der Waals surface area (Å²) in [5, 5.41) is 6.70. The van der Waals surface area contributed by atoms with Gasteiger partial charge in [0.15, 0.2) is 0 Å². The van der Waals surface area contributed by atoms with Gasteiger partial charge in [-0.25, -0.2) is 4.79 Å². The summed E-state index contributed by atoms with van der Waals surface area (Å²) in [7, 11) is 0. The Balaban J connectivity index is 0.00000196. The number of hydrogen-bond donors (Lipinski definition) is 2. The normalized spacial score (nSPS) is 21.7. The van der Waals surface area contributed by atoms with Gasteiger partial charge in [-0.05, 0) is 49.4 Å². The fourth-order valence-electron chi connectivity index (χ4n) is 4.14. The van der Waals surface area contributed by atoms with Crippen LogP contribution in [0.15, 0.2) is 18.2 Å². The number of carbonyl (C=O) groups is 2. The van der Waals surface area contributed by atoms with Crippen molar-refractivity contribution in [2.45, 2.75) is 19.3 Å². The first kappa shape index (κ1) is 19.3. The Bertz CT molecular complexity index is 696. The van der Waals surface area contributed by atoms with E-state index in [-0.39, 0.29) is 24.3 Å². The van der Waals surface area contributed by atoms with Crippen LogP contribution in [0.3, 0.4) is 0 Å². The van der Waals surface area contributed by atoms with Gasteiger partial charge in [0.2, 0.25) is 0 Å². The van der Waals surface area contributed by atoms with Crippen LogP contribution in [0.2, 0.25) is 5.02 Å². The predicted molar refractivity (Wildman–Crippen MR) is 105 cm³/mol. The maximum absolute atomic E-state index is 12.9. The van der Waals surface area contributed by atoms with E-state index in [1.165, 1.54) is 6.42 Å². The van der Waals surface area contributed by atoms with E-state index in [1.54, 1.807) is 23.1 Å². The fourth-order valence-corrected chi connectivity index (χ4v) is 4.36. The molecule has 0 aliphatic carbocycles. The number of rotatable bonds is 2. The number of nitrogens with one attached hydrogen (secondary N) is 2. The molecule has 0 bridgehead atoms. The molecule has 26 heavy (non-hydrogen) atoms. The van der Waals surface area contributed by atoms with Gasteiger partial charge >= 0.3 is 6.03 Å². The van der Waals surface area contributed by atoms with Gasteiger partial charge in [0.25, 0.3) is 5.91 Å². The second-order valence-corrected chi connectivity index (χ2v) is 7.68. The van der Waals surface area contributed by atoms with Crippen LogP contribution in [-0.2, 0) is 0 Å². The molecule has 1 aromatic rings. The van der Waals surface area contributed by atoms with Crippen molar-refractivity contribution in [1.82, 2.24) is 15.5 Å². The van der Waals surface area contributed by atoms with Crippen LogP contribution < -0.4 is 15.5 Å². The molecule has 3 aliphatic heterocycles. The summed E-state index contributed by atoms with van der Waals surface area (Å²) in [6.07, 6.45) is 3.33. The van der Waals surface area contributed by atoms with E-state index in [0.29, 0.717) is 34.8 Å². The average Bonchev–Trinajstić information content (AvgIpc) is 3.25. The number of likely N-dealkylation sites (tertiary alicyclic amines) is 1. The van der Waals surface area contributed by atoms with Crippen molar-refractivity contribution in [3.8, 4) is 0 Å². The van der Waals surface area contributed by atoms with Crippen LogP contribution in [0.5, 0.6) is 0 Å². The van der Waals surface area contributed by atoms with E-state index in [2.05, 4.69) is 10.6 Å². The van der Waals surface area contributed by atoms with E-state index in [1.807, 2.05) is 4.90 Å². The van der Waals surface area contributed by atoms with Crippen LogP contribution in [0.25, 0.3) is 0 Å². The Morgan fingerprint density at radius 3 is 2.50 bits per heavy atom. The lowest BCUT2D eigenvalue weighted by atomic mass is 9.78. The molecule has 4 rings (SSSR count). The lowest BCUT2D eigenvalue weighted by Crippen LogP contribution is -2.44. The minimum atomic E-state index is -0.167. The van der Waals surface area contributed by atoms with Gasteiger partial charge in [0, 0.05) is 38.3 Å². The van der Waals surface area contributed by atoms with Crippen molar-refractivity contribution in [2.24, 2.45) is 5.41 Å². The zero-order valence-corrected chi connectivity index (χ0v) is 16.2. The summed E-state index contributed by atoms with van der Waals surface area (Å²) in [5.74, 6) is 0.0262. The quantitative estimate of drug-likeness (QED) is 0.804. The zero-order valence-electron chi connectivity index (χ0n) is 14.6. The van der Waals surface area contributed by atoms with Gasteiger partial charge < -0.3 is 15.5 Å². The number of piperidine rings is 1. The third-order valence-electron chi connectivity index (χ3n) is 5.78. The number of benzene rings is 1. The minimum Gasteiger partial charge on any atom is -0.339 e. The van der Waals surface area contributed by atoms with Gasteiger partial charge in [-0.15, -0.1) is 12.4 Å². The number of urea groups is 1. The van der Waals surface area contributed by atoms with Crippen molar-refractivity contribution in [2.75, 3.05) is 44.2 Å². The molecule has 3 fully saturated rings. The highest BCUT2D eigenvalue weighted by Crippen LogP contribution is 2.37. The number of anilines is 1. The van der Waals surface area contributed by atoms with E-state index in [0.717, 1.165) is 39.0 Å². The molecule has 3 saturated heterocycles. The largest absolute Gasteiger partial charge is 0.339 e. The van der Waals surface area contributed by atoms with Crippen LogP contribution in [0.4, 0.5) is 10.5 Å². The molecule has 0 saturated carbocycles. The maximum atomic E-state index is 12.9. The predicted octanol–water partition coefficient (Wildman–Crippen LogP) is 2.51. The first-order valence-corrected chi connectivity index (χ1v) is 9.31. The molecule has 0 aromatic heterocycles. The molecule has 8 heteroatoms. The molecule has 3 aliphatic rings. The Hall–Kier alpha value is -1.50. The topological polar surface area (TPSA) is 64.7 Å². The summed E-state index contributed by atoms with van der Waals surface area (Å²) >= 11 is 6.26. The third kappa shape index (κ3) is 3.50. The molecule has 0 unspecified atom stereocenters. The highest BCUT2D eigenvalue weighted by atomic mass is 35.5. The fraction of sp³-hybridized carbons (Fsp3) is 0.556. The first-order chi connectivity index (χ1) is 12.1. The minimum absolute atomic E-state index is 0. The summed E-state index contributed by atoms with van der Waals surface area (Å²) in [4.78, 5) is 28.3. The van der Waals surface area contributed by atoms with Crippen LogP contribution in [0, 0.1) is 5.41 Å². The molecule has 1 aromatic carbocycles. The molecule has 2 N–H and O–H groups in total. The zero-order chi connectivity index (χ0) is 17.4. The maximum Gasteiger partial charge on any atom is 0.322 e. The van der Waals surface area contributed by atoms with Crippen LogP contribution in [-0.4, -0.2) is 56.1 Å². The molecule has 3 amide bonds. The SMILES string of the molecule is Cl.O=C(c1ccc(Cl)c(N2CCNC2=O)c1)N1CCC2(CCNC2)CC1. The summed E-state index contributed by atoms with van der Waals surface area (Å²) in [5.41, 5.74) is 1.59. The number of nitrogens with zero attached hydrogens (tertiary/aromatic N) is 2. The van der Waals surface area contributed by atoms with E-state index in [9.17, 15) is 9.59 Å². The van der Waals surface area contributed by atoms with Crippen molar-refractivity contribution >= 4 is 41.6 Å². The lowest BCUT2D eigenvalue weighted by molar-refractivity contribution is 0.0607. The lowest BCUT2D eigenvalue weighted by Gasteiger charge is -2.39. The van der Waals surface area contributed by atoms with Crippen molar-refractivity contribution in [3.05, 3.63) is 28.8 Å². The standard InChI is InChI=1S/C18H23ClN4O2.ClH/c19-14-2-1-13(11-15(14)23-10-7-21-17(23)25)16(24)22-8-4-18(5-9-22)3-6-20-12-18;/h1-2,11,20H,3-10,12H2,(H,21,25);1H. The molecule has 3 heterocycles. The van der Waals surface area contributed by atoms with Crippen LogP contribution in [0.1, 0.15) is 29.6 Å². The van der Waals surface area contributed by atoms with Crippen molar-refractivity contribution < 1.29 is 9.59 Å². The molecule has 0 atom stereocenters. The summed E-state index contributed by atoms with van der Waals surface area (Å²) < 4.78 is 0. The summed E-state index contributed by atoms with van der Waals surface area (Å²) in [6, 6.07) is 5.04. The molecule has 142 valence electrons. The Labute approximate surface area is 164 Å². The van der Waals surface area contributed by atoms with Gasteiger partial charge in [0.05, 0.1) is 10.7 Å². The second kappa shape index (κ2) is 7.62. The number of carbonyl (C=O) groups excluding carboxylic acids is 2. The average molecular weight is 399 g/mol. The number of hydrogen-bond acceptors (Lipinski definition) is 3. The molecule has 6 nitrogen and oxygen atoms in total. The second-order valence-electron chi connectivity index (χ2n) is 7.27. The Kier molecular flexibility index (Phi) is 5.65. The van der Waals surface area contributed by atoms with Crippen molar-refractivity contribution in [1.29, 1.82) is 0 Å². The first-order valence-electron chi connectivity index (χ1n) is 8.93. The highest BCUT2D eigenvalue weighted by molar-refractivity contribution is 6.34. The number of amides is 3. The molecular weight excluding hydrogens is 375 g/mol. The van der Waals surface area contributed by atoms with Gasteiger partial charge in [-0.1, -0.05) is 11.6 Å². The molecule has 0 radical (unpaired) electrons. The van der Waals surface area contributed by atoms with Gasteiger partial charge in [-0.2, -0.15) is 0 Å². The Morgan fingerprint density at radius 2 is 1.88 bits per heavy atom. The number of halogens is 2. The smallest absolute Gasteiger partial charge is 0.322 e. The van der Waals surface area contributed by atoms with Gasteiger partial charge in [0.1, 0.15) is 0 Å². The highest BCUT2D eigenvalue weighted by Gasteiger charge is 2.38. The van der Waals surface area contributed by atoms with Gasteiger partial charge in [-0.3, -0.25) is 9.69 Å². The van der Waals surface area contributed by atoms with Crippen LogP contribution >= 0.6 is 24.0 Å². The molecular formula is C18H24Cl2N4O2. The monoisotopic (exact) mass is 398 g/mol.